The smallest absolute Gasteiger partial charge is 0.325 e. The van der Waals surface area contributed by atoms with E-state index in [2.05, 4.69) is 12.2 Å². The van der Waals surface area contributed by atoms with Crippen molar-refractivity contribution >= 4 is 17.6 Å². The monoisotopic (exact) mass is 513 g/mol. The molecule has 2 aliphatic rings. The lowest BCUT2D eigenvalue weighted by Crippen LogP contribution is -2.56. The van der Waals surface area contributed by atoms with Gasteiger partial charge in [-0.3, -0.25) is 9.69 Å². The Balaban J connectivity index is 1.44. The van der Waals surface area contributed by atoms with E-state index in [1.165, 1.54) is 0 Å². The predicted molar refractivity (Wildman–Crippen MR) is 147 cm³/mol. The van der Waals surface area contributed by atoms with E-state index in [0.29, 0.717) is 37.4 Å². The summed E-state index contributed by atoms with van der Waals surface area (Å²) in [5.74, 6) is 1.26. The van der Waals surface area contributed by atoms with Crippen LogP contribution in [0.2, 0.25) is 0 Å². The maximum Gasteiger partial charge on any atom is 0.325 e. The largest absolute Gasteiger partial charge is 0.454 e. The van der Waals surface area contributed by atoms with Crippen molar-refractivity contribution in [3.05, 3.63) is 89.5 Å². The van der Waals surface area contributed by atoms with Crippen LogP contribution in [0.3, 0.4) is 0 Å². The number of anilines is 1. The van der Waals surface area contributed by atoms with Gasteiger partial charge in [-0.1, -0.05) is 81.3 Å². The first kappa shape index (κ1) is 25.6. The minimum Gasteiger partial charge on any atom is -0.454 e. The molecule has 3 aromatic carbocycles. The zero-order chi connectivity index (χ0) is 26.5. The van der Waals surface area contributed by atoms with Crippen LogP contribution in [0.4, 0.5) is 10.5 Å². The third-order valence-corrected chi connectivity index (χ3v) is 7.27. The molecule has 198 valence electrons. The van der Waals surface area contributed by atoms with Gasteiger partial charge in [-0.2, -0.15) is 0 Å². The molecule has 0 saturated carbocycles. The minimum atomic E-state index is -0.620. The maximum atomic E-state index is 14.0. The Morgan fingerprint density at radius 3 is 2.53 bits per heavy atom. The summed E-state index contributed by atoms with van der Waals surface area (Å²) in [6, 6.07) is 22.7. The number of para-hydroxylation sites is 1. The average molecular weight is 514 g/mol. The Kier molecular flexibility index (Phi) is 7.82. The molecule has 0 spiro atoms. The SMILES string of the molecule is CCCCC(C(=O)N[C@@H](CC)c1ccc2c(c1)OCO2)N1C(=O)N(Cc2ccccc2)Cc2ccccc21. The molecule has 1 unspecified atom stereocenters. The number of benzene rings is 3. The summed E-state index contributed by atoms with van der Waals surface area (Å²) in [6.45, 7) is 5.35. The number of carbonyl (C=O) groups is 2. The van der Waals surface area contributed by atoms with Crippen molar-refractivity contribution in [1.82, 2.24) is 10.2 Å². The fraction of sp³-hybridized carbons (Fsp3) is 0.355. The highest BCUT2D eigenvalue weighted by Crippen LogP contribution is 2.36. The van der Waals surface area contributed by atoms with Gasteiger partial charge in [0.15, 0.2) is 11.5 Å². The van der Waals surface area contributed by atoms with E-state index < -0.39 is 6.04 Å². The Labute approximate surface area is 224 Å². The summed E-state index contributed by atoms with van der Waals surface area (Å²) < 4.78 is 11.0. The van der Waals surface area contributed by atoms with Crippen LogP contribution in [-0.2, 0) is 17.9 Å². The van der Waals surface area contributed by atoms with Gasteiger partial charge in [-0.05, 0) is 47.7 Å². The van der Waals surface area contributed by atoms with E-state index in [0.717, 1.165) is 35.2 Å². The van der Waals surface area contributed by atoms with Crippen molar-refractivity contribution in [3.63, 3.8) is 0 Å². The number of amides is 3. The first-order valence-corrected chi connectivity index (χ1v) is 13.5. The van der Waals surface area contributed by atoms with Crippen molar-refractivity contribution in [1.29, 1.82) is 0 Å². The van der Waals surface area contributed by atoms with E-state index in [-0.39, 0.29) is 24.8 Å². The number of hydrogen-bond acceptors (Lipinski definition) is 4. The van der Waals surface area contributed by atoms with Crippen LogP contribution in [0.25, 0.3) is 0 Å². The first-order valence-electron chi connectivity index (χ1n) is 13.5. The van der Waals surface area contributed by atoms with Crippen LogP contribution in [0.5, 0.6) is 11.5 Å². The van der Waals surface area contributed by atoms with E-state index in [1.54, 1.807) is 4.90 Å². The number of rotatable bonds is 10. The molecule has 2 atom stereocenters. The Morgan fingerprint density at radius 2 is 1.74 bits per heavy atom. The minimum absolute atomic E-state index is 0.139. The number of hydrogen-bond donors (Lipinski definition) is 1. The number of nitrogens with zero attached hydrogens (tertiary/aromatic N) is 2. The standard InChI is InChI=1S/C31H35N3O4/c1-3-5-14-27(30(35)32-25(4-2)23-16-17-28-29(18-23)38-21-37-28)34-26-15-10-9-13-24(26)20-33(31(34)36)19-22-11-7-6-8-12-22/h6-13,15-18,25,27H,3-5,14,19-21H2,1-2H3,(H,32,35)/t25-,27?/m0/s1. The molecule has 2 aliphatic heterocycles. The molecule has 0 radical (unpaired) electrons. The van der Waals surface area contributed by atoms with Crippen LogP contribution < -0.4 is 19.7 Å². The molecular weight excluding hydrogens is 478 g/mol. The number of urea groups is 1. The van der Waals surface area contributed by atoms with Crippen LogP contribution in [0.15, 0.2) is 72.8 Å². The molecule has 38 heavy (non-hydrogen) atoms. The van der Waals surface area contributed by atoms with Gasteiger partial charge < -0.3 is 19.7 Å². The molecule has 3 aromatic rings. The van der Waals surface area contributed by atoms with Gasteiger partial charge in [-0.25, -0.2) is 4.79 Å². The van der Waals surface area contributed by atoms with Gasteiger partial charge in [-0.15, -0.1) is 0 Å². The highest BCUT2D eigenvalue weighted by Gasteiger charge is 2.38. The van der Waals surface area contributed by atoms with Crippen molar-refractivity contribution in [2.75, 3.05) is 11.7 Å². The van der Waals surface area contributed by atoms with Crippen LogP contribution in [0, 0.1) is 0 Å². The molecule has 0 saturated heterocycles. The maximum absolute atomic E-state index is 14.0. The third-order valence-electron chi connectivity index (χ3n) is 7.27. The fourth-order valence-corrected chi connectivity index (χ4v) is 5.23. The first-order chi connectivity index (χ1) is 18.6. The number of carbonyl (C=O) groups excluding carboxylic acids is 2. The Hall–Kier alpha value is -4.00. The predicted octanol–water partition coefficient (Wildman–Crippen LogP) is 6.18. The molecule has 2 heterocycles. The summed E-state index contributed by atoms with van der Waals surface area (Å²) in [5, 5.41) is 3.25. The average Bonchev–Trinajstić information content (AvgIpc) is 3.42. The molecule has 0 bridgehead atoms. The van der Waals surface area contributed by atoms with Crippen molar-refractivity contribution in [2.45, 2.75) is 64.7 Å². The summed E-state index contributed by atoms with van der Waals surface area (Å²) >= 11 is 0. The Morgan fingerprint density at radius 1 is 0.974 bits per heavy atom. The van der Waals surface area contributed by atoms with Crippen molar-refractivity contribution < 1.29 is 19.1 Å². The molecule has 7 nitrogen and oxygen atoms in total. The lowest BCUT2D eigenvalue weighted by atomic mass is 10.00. The highest BCUT2D eigenvalue weighted by atomic mass is 16.7. The van der Waals surface area contributed by atoms with Crippen molar-refractivity contribution in [2.24, 2.45) is 0 Å². The molecule has 3 amide bonds. The Bertz CT molecular complexity index is 1280. The fourth-order valence-electron chi connectivity index (χ4n) is 5.23. The van der Waals surface area contributed by atoms with Gasteiger partial charge in [0.1, 0.15) is 6.04 Å². The molecule has 0 fully saturated rings. The van der Waals surface area contributed by atoms with Gasteiger partial charge in [0.05, 0.1) is 11.7 Å². The zero-order valence-corrected chi connectivity index (χ0v) is 22.1. The molecular formula is C31H35N3O4. The van der Waals surface area contributed by atoms with Crippen LogP contribution in [0.1, 0.15) is 62.3 Å². The van der Waals surface area contributed by atoms with Crippen LogP contribution >= 0.6 is 0 Å². The second-order valence-electron chi connectivity index (χ2n) is 9.86. The molecule has 7 heteroatoms. The lowest BCUT2D eigenvalue weighted by Gasteiger charge is -2.41. The quantitative estimate of drug-likeness (QED) is 0.351. The van der Waals surface area contributed by atoms with Crippen molar-refractivity contribution in [3.8, 4) is 11.5 Å². The topological polar surface area (TPSA) is 71.1 Å². The second-order valence-corrected chi connectivity index (χ2v) is 9.86. The van der Waals surface area contributed by atoms with Gasteiger partial charge >= 0.3 is 6.03 Å². The third kappa shape index (κ3) is 5.32. The normalized spacial score (nSPS) is 15.7. The number of unbranched alkanes of at least 4 members (excludes halogenated alkanes) is 1. The van der Waals surface area contributed by atoms with Gasteiger partial charge in [0, 0.05) is 13.1 Å². The molecule has 1 N–H and O–H groups in total. The molecule has 0 aliphatic carbocycles. The van der Waals surface area contributed by atoms with Crippen LogP contribution in [-0.4, -0.2) is 29.7 Å². The molecule has 0 aromatic heterocycles. The van der Waals surface area contributed by atoms with E-state index in [1.807, 2.05) is 84.6 Å². The summed E-state index contributed by atoms with van der Waals surface area (Å²) in [4.78, 5) is 31.5. The van der Waals surface area contributed by atoms with E-state index in [4.69, 9.17) is 9.47 Å². The lowest BCUT2D eigenvalue weighted by molar-refractivity contribution is -0.123. The van der Waals surface area contributed by atoms with E-state index in [9.17, 15) is 9.59 Å². The van der Waals surface area contributed by atoms with Gasteiger partial charge in [0.25, 0.3) is 0 Å². The molecule has 5 rings (SSSR count). The van der Waals surface area contributed by atoms with E-state index >= 15 is 0 Å². The highest BCUT2D eigenvalue weighted by molar-refractivity contribution is 6.01. The zero-order valence-electron chi connectivity index (χ0n) is 22.1. The number of fused-ring (bicyclic) bond motifs is 2. The number of ether oxygens (including phenoxy) is 2. The number of nitrogens with one attached hydrogen (secondary N) is 1. The summed E-state index contributed by atoms with van der Waals surface area (Å²) in [7, 11) is 0. The second kappa shape index (κ2) is 11.6. The summed E-state index contributed by atoms with van der Waals surface area (Å²) in [6.07, 6.45) is 3.06. The summed E-state index contributed by atoms with van der Waals surface area (Å²) in [5.41, 5.74) is 3.87. The van der Waals surface area contributed by atoms with Gasteiger partial charge in [0.2, 0.25) is 12.7 Å².